The van der Waals surface area contributed by atoms with Crippen molar-refractivity contribution in [3.05, 3.63) is 95.6 Å². The molecule has 8 heteroatoms. The van der Waals surface area contributed by atoms with Gasteiger partial charge in [0.25, 0.3) is 0 Å². The molecule has 0 atom stereocenters. The van der Waals surface area contributed by atoms with E-state index in [1.807, 2.05) is 49.4 Å². The topological polar surface area (TPSA) is 57.1 Å². The zero-order chi connectivity index (χ0) is 23.5. The molecule has 0 radical (unpaired) electrons. The first-order chi connectivity index (χ1) is 15.9. The minimum atomic E-state index is -0.523. The molecule has 33 heavy (non-hydrogen) atoms. The standard InChI is InChI=1S/C25H18BrClINO4/c1-14-7-8-16(12-20(14)28)24-29-21(25(30)33-24)10-15-9-19(27)23(22(11-15)31-2)32-13-17-5-3-4-6-18(17)26/h3-12H,13H2,1-2H3. The Hall–Kier alpha value is -2.36. The van der Waals surface area contributed by atoms with Gasteiger partial charge < -0.3 is 14.2 Å². The van der Waals surface area contributed by atoms with Gasteiger partial charge in [-0.1, -0.05) is 51.8 Å². The summed E-state index contributed by atoms with van der Waals surface area (Å²) in [6, 6.07) is 17.0. The molecule has 1 aliphatic heterocycles. The number of nitrogens with zero attached hydrogens (tertiary/aromatic N) is 1. The van der Waals surface area contributed by atoms with Crippen LogP contribution in [0.3, 0.4) is 0 Å². The van der Waals surface area contributed by atoms with Crippen LogP contribution >= 0.6 is 50.1 Å². The fourth-order valence-corrected chi connectivity index (χ4v) is 4.33. The number of aryl methyl sites for hydroxylation is 1. The predicted octanol–water partition coefficient (Wildman–Crippen LogP) is 6.95. The molecule has 3 aromatic carbocycles. The van der Waals surface area contributed by atoms with Gasteiger partial charge >= 0.3 is 5.97 Å². The zero-order valence-electron chi connectivity index (χ0n) is 17.7. The van der Waals surface area contributed by atoms with E-state index in [1.54, 1.807) is 18.2 Å². The summed E-state index contributed by atoms with van der Waals surface area (Å²) in [6.07, 6.45) is 1.61. The smallest absolute Gasteiger partial charge is 0.363 e. The number of rotatable bonds is 6. The Labute approximate surface area is 218 Å². The minimum absolute atomic E-state index is 0.181. The normalized spacial score (nSPS) is 14.3. The fraction of sp³-hybridized carbons (Fsp3) is 0.120. The van der Waals surface area contributed by atoms with E-state index >= 15 is 0 Å². The molecule has 0 N–H and O–H groups in total. The van der Waals surface area contributed by atoms with E-state index < -0.39 is 5.97 Å². The Bertz CT molecular complexity index is 1310. The summed E-state index contributed by atoms with van der Waals surface area (Å²) in [5.74, 6) is 0.620. The van der Waals surface area contributed by atoms with Crippen molar-refractivity contribution in [2.45, 2.75) is 13.5 Å². The summed E-state index contributed by atoms with van der Waals surface area (Å²) < 4.78 is 18.8. The highest BCUT2D eigenvalue weighted by Crippen LogP contribution is 2.38. The van der Waals surface area contributed by atoms with Gasteiger partial charge in [0, 0.05) is 19.2 Å². The molecule has 168 valence electrons. The zero-order valence-corrected chi connectivity index (χ0v) is 22.2. The third kappa shape index (κ3) is 5.42. The number of esters is 1. The van der Waals surface area contributed by atoms with Crippen molar-refractivity contribution >= 4 is 68.1 Å². The van der Waals surface area contributed by atoms with Crippen LogP contribution in [0.2, 0.25) is 5.02 Å². The summed E-state index contributed by atoms with van der Waals surface area (Å²) in [7, 11) is 1.53. The molecule has 0 unspecified atom stereocenters. The first-order valence-corrected chi connectivity index (χ1v) is 12.1. The Morgan fingerprint density at radius 2 is 1.97 bits per heavy atom. The summed E-state index contributed by atoms with van der Waals surface area (Å²) in [5.41, 5.74) is 3.68. The van der Waals surface area contributed by atoms with E-state index in [1.165, 1.54) is 7.11 Å². The van der Waals surface area contributed by atoms with E-state index in [2.05, 4.69) is 43.5 Å². The summed E-state index contributed by atoms with van der Waals surface area (Å²) in [5, 5.41) is 0.358. The van der Waals surface area contributed by atoms with E-state index in [0.717, 1.165) is 24.7 Å². The molecule has 0 fully saturated rings. The first kappa shape index (κ1) is 23.8. The molecule has 0 aromatic heterocycles. The van der Waals surface area contributed by atoms with Crippen LogP contribution in [-0.2, 0) is 16.1 Å². The van der Waals surface area contributed by atoms with Gasteiger partial charge in [-0.2, -0.15) is 0 Å². The van der Waals surface area contributed by atoms with Crippen molar-refractivity contribution in [1.82, 2.24) is 0 Å². The summed E-state index contributed by atoms with van der Waals surface area (Å²) in [4.78, 5) is 16.8. The van der Waals surface area contributed by atoms with Crippen LogP contribution < -0.4 is 9.47 Å². The molecule has 4 rings (SSSR count). The van der Waals surface area contributed by atoms with Crippen molar-refractivity contribution in [2.75, 3.05) is 7.11 Å². The van der Waals surface area contributed by atoms with E-state index in [0.29, 0.717) is 28.7 Å². The van der Waals surface area contributed by atoms with Crippen LogP contribution in [0.4, 0.5) is 0 Å². The number of ether oxygens (including phenoxy) is 3. The molecule has 1 aliphatic rings. The Morgan fingerprint density at radius 1 is 1.18 bits per heavy atom. The monoisotopic (exact) mass is 637 g/mol. The molecule has 5 nitrogen and oxygen atoms in total. The summed E-state index contributed by atoms with van der Waals surface area (Å²) in [6.45, 7) is 2.33. The van der Waals surface area contributed by atoms with Crippen LogP contribution in [0.25, 0.3) is 6.08 Å². The quantitative estimate of drug-likeness (QED) is 0.167. The third-order valence-electron chi connectivity index (χ3n) is 4.92. The predicted molar refractivity (Wildman–Crippen MR) is 141 cm³/mol. The molecule has 0 saturated heterocycles. The van der Waals surface area contributed by atoms with Gasteiger partial charge in [0.15, 0.2) is 17.2 Å². The van der Waals surface area contributed by atoms with Gasteiger partial charge in [0.2, 0.25) is 5.90 Å². The van der Waals surface area contributed by atoms with E-state index in [4.69, 9.17) is 25.8 Å². The number of hydrogen-bond donors (Lipinski definition) is 0. The maximum atomic E-state index is 12.4. The van der Waals surface area contributed by atoms with Crippen molar-refractivity contribution in [2.24, 2.45) is 4.99 Å². The van der Waals surface area contributed by atoms with E-state index in [-0.39, 0.29) is 11.6 Å². The first-order valence-electron chi connectivity index (χ1n) is 9.88. The van der Waals surface area contributed by atoms with Crippen molar-refractivity contribution in [1.29, 1.82) is 0 Å². The number of benzene rings is 3. The number of hydrogen-bond acceptors (Lipinski definition) is 5. The molecule has 3 aromatic rings. The second-order valence-corrected chi connectivity index (χ2v) is 9.64. The average molecular weight is 639 g/mol. The SMILES string of the molecule is COc1cc(C=C2N=C(c3ccc(C)c(I)c3)OC2=O)cc(Cl)c1OCc1ccccc1Br. The maximum absolute atomic E-state index is 12.4. The van der Waals surface area contributed by atoms with Gasteiger partial charge in [0.1, 0.15) is 6.61 Å². The number of carbonyl (C=O) groups is 1. The van der Waals surface area contributed by atoms with Crippen LogP contribution in [0.1, 0.15) is 22.3 Å². The molecule has 0 bridgehead atoms. The number of halogens is 3. The van der Waals surface area contributed by atoms with Gasteiger partial charge in [-0.25, -0.2) is 9.79 Å². The van der Waals surface area contributed by atoms with Crippen LogP contribution in [0.15, 0.2) is 69.8 Å². The molecule has 0 amide bonds. The van der Waals surface area contributed by atoms with E-state index in [9.17, 15) is 4.79 Å². The average Bonchev–Trinajstić information content (AvgIpc) is 3.15. The summed E-state index contributed by atoms with van der Waals surface area (Å²) >= 11 is 12.2. The molecule has 1 heterocycles. The van der Waals surface area contributed by atoms with Crippen molar-refractivity contribution in [3.63, 3.8) is 0 Å². The van der Waals surface area contributed by atoms with Crippen LogP contribution in [-0.4, -0.2) is 19.0 Å². The van der Waals surface area contributed by atoms with Gasteiger partial charge in [0.05, 0.1) is 12.1 Å². The highest BCUT2D eigenvalue weighted by molar-refractivity contribution is 14.1. The van der Waals surface area contributed by atoms with Gasteiger partial charge in [-0.3, -0.25) is 0 Å². The highest BCUT2D eigenvalue weighted by atomic mass is 127. The second kappa shape index (κ2) is 10.3. The van der Waals surface area contributed by atoms with Crippen LogP contribution in [0, 0.1) is 10.5 Å². The minimum Gasteiger partial charge on any atom is -0.493 e. The Morgan fingerprint density at radius 3 is 2.70 bits per heavy atom. The molecule has 0 aliphatic carbocycles. The van der Waals surface area contributed by atoms with Gasteiger partial charge in [-0.05, 0) is 77.0 Å². The van der Waals surface area contributed by atoms with Gasteiger partial charge in [-0.15, -0.1) is 0 Å². The number of cyclic esters (lactones) is 1. The van der Waals surface area contributed by atoms with Crippen LogP contribution in [0.5, 0.6) is 11.5 Å². The Kier molecular flexibility index (Phi) is 7.41. The number of methoxy groups -OCH3 is 1. The lowest BCUT2D eigenvalue weighted by molar-refractivity contribution is -0.129. The van der Waals surface area contributed by atoms with Crippen molar-refractivity contribution < 1.29 is 19.0 Å². The lowest BCUT2D eigenvalue weighted by Gasteiger charge is -2.14. The molecule has 0 saturated carbocycles. The molecular formula is C25H18BrClINO4. The largest absolute Gasteiger partial charge is 0.493 e. The lowest BCUT2D eigenvalue weighted by Crippen LogP contribution is -2.05. The van der Waals surface area contributed by atoms with Crippen molar-refractivity contribution in [3.8, 4) is 11.5 Å². The number of carbonyl (C=O) groups excluding carboxylic acids is 1. The molecule has 0 spiro atoms. The fourth-order valence-electron chi connectivity index (χ4n) is 3.14. The number of aliphatic imine (C=N–C) groups is 1. The Balaban J connectivity index is 1.60. The molecular weight excluding hydrogens is 621 g/mol. The second-order valence-electron chi connectivity index (χ2n) is 7.21. The highest BCUT2D eigenvalue weighted by Gasteiger charge is 2.25. The lowest BCUT2D eigenvalue weighted by atomic mass is 10.1. The maximum Gasteiger partial charge on any atom is 0.363 e. The third-order valence-corrected chi connectivity index (χ3v) is 7.14.